The predicted molar refractivity (Wildman–Crippen MR) is 69.1 cm³/mol. The van der Waals surface area contributed by atoms with Gasteiger partial charge in [-0.1, -0.05) is 0 Å². The predicted octanol–water partition coefficient (Wildman–Crippen LogP) is 3.88. The summed E-state index contributed by atoms with van der Waals surface area (Å²) >= 11 is 0. The summed E-state index contributed by atoms with van der Waals surface area (Å²) in [5, 5.41) is 2.81. The van der Waals surface area contributed by atoms with E-state index in [2.05, 4.69) is 15.3 Å². The highest BCUT2D eigenvalue weighted by Gasteiger charge is 2.37. The van der Waals surface area contributed by atoms with Crippen LogP contribution in [0, 0.1) is 5.82 Å². The number of aromatic nitrogens is 2. The van der Waals surface area contributed by atoms with Crippen LogP contribution in [0.1, 0.15) is 18.5 Å². The molecule has 0 aromatic carbocycles. The molecule has 0 atom stereocenters. The number of anilines is 1. The van der Waals surface area contributed by atoms with Gasteiger partial charge in [0.2, 0.25) is 0 Å². The Hall–Kier alpha value is -2.18. The van der Waals surface area contributed by atoms with Crippen molar-refractivity contribution < 1.29 is 17.6 Å². The summed E-state index contributed by atoms with van der Waals surface area (Å²) in [6.07, 6.45) is -0.607. The van der Waals surface area contributed by atoms with Crippen molar-refractivity contribution in [2.24, 2.45) is 0 Å². The number of rotatable bonds is 3. The van der Waals surface area contributed by atoms with Gasteiger partial charge < -0.3 is 5.32 Å². The maximum atomic E-state index is 13.1. The molecule has 1 saturated carbocycles. The normalized spacial score (nSPS) is 15.0. The number of halogens is 4. The van der Waals surface area contributed by atoms with E-state index in [0.29, 0.717) is 0 Å². The van der Waals surface area contributed by atoms with Gasteiger partial charge in [0.25, 0.3) is 0 Å². The minimum Gasteiger partial charge on any atom is -0.381 e. The number of nitrogens with zero attached hydrogens (tertiary/aromatic N) is 2. The SMILES string of the molecule is Fc1cncc(-c2ccc(NC3CC3)c(C(F)(F)F)n2)c1. The minimum absolute atomic E-state index is 0.0377. The van der Waals surface area contributed by atoms with Gasteiger partial charge in [-0.15, -0.1) is 0 Å². The highest BCUT2D eigenvalue weighted by Crippen LogP contribution is 2.37. The third kappa shape index (κ3) is 3.12. The highest BCUT2D eigenvalue weighted by molar-refractivity contribution is 5.63. The minimum atomic E-state index is -4.58. The molecule has 1 fully saturated rings. The zero-order chi connectivity index (χ0) is 15.0. The summed E-state index contributed by atoms with van der Waals surface area (Å²) in [6, 6.07) is 3.93. The second kappa shape index (κ2) is 4.98. The van der Waals surface area contributed by atoms with Gasteiger partial charge >= 0.3 is 6.18 Å². The van der Waals surface area contributed by atoms with Gasteiger partial charge in [0.1, 0.15) is 5.82 Å². The average Bonchev–Trinajstić information content (AvgIpc) is 3.22. The van der Waals surface area contributed by atoms with E-state index in [-0.39, 0.29) is 23.0 Å². The highest BCUT2D eigenvalue weighted by atomic mass is 19.4. The summed E-state index contributed by atoms with van der Waals surface area (Å²) in [5.41, 5.74) is -0.789. The van der Waals surface area contributed by atoms with E-state index in [9.17, 15) is 17.6 Å². The first-order chi connectivity index (χ1) is 9.93. The maximum Gasteiger partial charge on any atom is 0.435 e. The topological polar surface area (TPSA) is 37.8 Å². The van der Waals surface area contributed by atoms with Gasteiger partial charge in [-0.3, -0.25) is 4.98 Å². The molecule has 0 saturated heterocycles. The molecule has 0 amide bonds. The van der Waals surface area contributed by atoms with Crippen LogP contribution in [0.3, 0.4) is 0 Å². The second-order valence-electron chi connectivity index (χ2n) is 4.90. The van der Waals surface area contributed by atoms with Gasteiger partial charge in [0, 0.05) is 17.8 Å². The van der Waals surface area contributed by atoms with Crippen molar-refractivity contribution in [2.45, 2.75) is 25.1 Å². The van der Waals surface area contributed by atoms with Crippen LogP contribution >= 0.6 is 0 Å². The number of pyridine rings is 2. The molecule has 2 aromatic rings. The van der Waals surface area contributed by atoms with Gasteiger partial charge in [-0.05, 0) is 31.0 Å². The van der Waals surface area contributed by atoms with Crippen LogP contribution in [0.15, 0.2) is 30.6 Å². The third-order valence-electron chi connectivity index (χ3n) is 3.10. The van der Waals surface area contributed by atoms with E-state index >= 15 is 0 Å². The first-order valence-corrected chi connectivity index (χ1v) is 6.39. The summed E-state index contributed by atoms with van der Waals surface area (Å²) in [4.78, 5) is 7.26. The van der Waals surface area contributed by atoms with Crippen LogP contribution in [-0.2, 0) is 6.18 Å². The molecule has 1 aliphatic rings. The van der Waals surface area contributed by atoms with Crippen molar-refractivity contribution in [3.05, 3.63) is 42.1 Å². The van der Waals surface area contributed by atoms with Crippen molar-refractivity contribution in [3.63, 3.8) is 0 Å². The number of nitrogens with one attached hydrogen (secondary N) is 1. The Morgan fingerprint density at radius 2 is 1.90 bits per heavy atom. The second-order valence-corrected chi connectivity index (χ2v) is 4.90. The molecule has 0 radical (unpaired) electrons. The van der Waals surface area contributed by atoms with Gasteiger partial charge in [-0.25, -0.2) is 9.37 Å². The van der Waals surface area contributed by atoms with E-state index < -0.39 is 17.7 Å². The van der Waals surface area contributed by atoms with Gasteiger partial charge in [-0.2, -0.15) is 13.2 Å². The van der Waals surface area contributed by atoms with Crippen LogP contribution in [0.4, 0.5) is 23.2 Å². The fourth-order valence-corrected chi connectivity index (χ4v) is 1.95. The molecule has 1 aliphatic carbocycles. The fourth-order valence-electron chi connectivity index (χ4n) is 1.95. The summed E-state index contributed by atoms with van der Waals surface area (Å²) in [5.74, 6) is -0.622. The Balaban J connectivity index is 2.03. The van der Waals surface area contributed by atoms with Crippen LogP contribution in [0.25, 0.3) is 11.3 Å². The molecule has 2 aromatic heterocycles. The molecule has 2 heterocycles. The average molecular weight is 297 g/mol. The molecular weight excluding hydrogens is 286 g/mol. The number of hydrogen-bond donors (Lipinski definition) is 1. The molecule has 7 heteroatoms. The van der Waals surface area contributed by atoms with E-state index in [4.69, 9.17) is 0 Å². The first-order valence-electron chi connectivity index (χ1n) is 6.39. The zero-order valence-corrected chi connectivity index (χ0v) is 10.8. The van der Waals surface area contributed by atoms with E-state index in [1.807, 2.05) is 0 Å². The summed E-state index contributed by atoms with van der Waals surface area (Å²) in [6.45, 7) is 0. The molecule has 0 unspecified atom stereocenters. The summed E-state index contributed by atoms with van der Waals surface area (Å²) < 4.78 is 52.4. The Morgan fingerprint density at radius 3 is 2.52 bits per heavy atom. The fraction of sp³-hybridized carbons (Fsp3) is 0.286. The molecule has 21 heavy (non-hydrogen) atoms. The Labute approximate surface area is 118 Å². The lowest BCUT2D eigenvalue weighted by molar-refractivity contribution is -0.140. The molecule has 1 N–H and O–H groups in total. The Kier molecular flexibility index (Phi) is 3.27. The van der Waals surface area contributed by atoms with Crippen molar-refractivity contribution in [1.29, 1.82) is 0 Å². The lowest BCUT2D eigenvalue weighted by Gasteiger charge is -2.14. The standard InChI is InChI=1S/C14H11F4N3/c15-9-5-8(6-19-7-9)11-3-4-12(20-10-1-2-10)13(21-11)14(16,17)18/h3-7,10,20H,1-2H2. The van der Waals surface area contributed by atoms with Crippen molar-refractivity contribution in [3.8, 4) is 11.3 Å². The first kappa shape index (κ1) is 13.8. The number of alkyl halides is 3. The smallest absolute Gasteiger partial charge is 0.381 e. The van der Waals surface area contributed by atoms with Gasteiger partial charge in [0.15, 0.2) is 5.69 Å². The van der Waals surface area contributed by atoms with Crippen molar-refractivity contribution in [1.82, 2.24) is 9.97 Å². The Morgan fingerprint density at radius 1 is 1.14 bits per heavy atom. The quantitative estimate of drug-likeness (QED) is 0.874. The largest absolute Gasteiger partial charge is 0.435 e. The maximum absolute atomic E-state index is 13.1. The van der Waals surface area contributed by atoms with Crippen LogP contribution in [-0.4, -0.2) is 16.0 Å². The molecular formula is C14H11F4N3. The molecule has 0 aliphatic heterocycles. The van der Waals surface area contributed by atoms with Crippen molar-refractivity contribution >= 4 is 5.69 Å². The van der Waals surface area contributed by atoms with E-state index in [1.54, 1.807) is 0 Å². The van der Waals surface area contributed by atoms with E-state index in [1.165, 1.54) is 18.3 Å². The Bertz CT molecular complexity index is 666. The molecule has 3 nitrogen and oxygen atoms in total. The van der Waals surface area contributed by atoms with Crippen LogP contribution in [0.2, 0.25) is 0 Å². The third-order valence-corrected chi connectivity index (χ3v) is 3.10. The lowest BCUT2D eigenvalue weighted by Crippen LogP contribution is -2.14. The van der Waals surface area contributed by atoms with Crippen LogP contribution < -0.4 is 5.32 Å². The molecule has 110 valence electrons. The van der Waals surface area contributed by atoms with Crippen LogP contribution in [0.5, 0.6) is 0 Å². The molecule has 3 rings (SSSR count). The van der Waals surface area contributed by atoms with E-state index in [0.717, 1.165) is 25.1 Å². The molecule has 0 bridgehead atoms. The number of hydrogen-bond acceptors (Lipinski definition) is 3. The summed E-state index contributed by atoms with van der Waals surface area (Å²) in [7, 11) is 0. The van der Waals surface area contributed by atoms with Gasteiger partial charge in [0.05, 0.1) is 17.6 Å². The monoisotopic (exact) mass is 297 g/mol. The zero-order valence-electron chi connectivity index (χ0n) is 10.8. The molecule has 0 spiro atoms. The van der Waals surface area contributed by atoms with Crippen molar-refractivity contribution in [2.75, 3.05) is 5.32 Å². The lowest BCUT2D eigenvalue weighted by atomic mass is 10.1.